The molecule has 70 valence electrons. The number of unbranched alkanes of at least 4 members (excludes halogenated alkanes) is 2. The van der Waals surface area contributed by atoms with Gasteiger partial charge in [0, 0.05) is 12.5 Å². The van der Waals surface area contributed by atoms with Crippen molar-refractivity contribution in [3.8, 4) is 0 Å². The van der Waals surface area contributed by atoms with E-state index in [0.29, 0.717) is 6.42 Å². The van der Waals surface area contributed by atoms with Gasteiger partial charge in [0.2, 0.25) is 5.91 Å². The number of nitrogens with one attached hydrogen (secondary N) is 1. The Hall–Kier alpha value is -0.790. The molecule has 0 saturated heterocycles. The monoisotopic (exact) mass is 169 g/mol. The maximum atomic E-state index is 11.1. The van der Waals surface area contributed by atoms with Crippen molar-refractivity contribution in [2.45, 2.75) is 45.6 Å². The maximum Gasteiger partial charge on any atom is 0.220 e. The molecular formula is C10H19NO. The highest BCUT2D eigenvalue weighted by Gasteiger charge is 2.01. The predicted molar refractivity (Wildman–Crippen MR) is 51.9 cm³/mol. The molecule has 12 heavy (non-hydrogen) atoms. The Balaban J connectivity index is 3.25. The minimum atomic E-state index is 0.161. The second-order valence-electron chi connectivity index (χ2n) is 3.26. The van der Waals surface area contributed by atoms with E-state index in [9.17, 15) is 4.79 Å². The van der Waals surface area contributed by atoms with Crippen molar-refractivity contribution in [2.24, 2.45) is 0 Å². The van der Waals surface area contributed by atoms with Gasteiger partial charge < -0.3 is 5.32 Å². The van der Waals surface area contributed by atoms with E-state index in [0.717, 1.165) is 19.3 Å². The van der Waals surface area contributed by atoms with Crippen molar-refractivity contribution >= 4 is 5.91 Å². The highest BCUT2D eigenvalue weighted by Crippen LogP contribution is 1.99. The fourth-order valence-electron chi connectivity index (χ4n) is 0.968. The number of carbonyl (C=O) groups excluding carboxylic acids is 1. The molecule has 0 atom stereocenters. The van der Waals surface area contributed by atoms with Crippen molar-refractivity contribution in [3.05, 3.63) is 12.7 Å². The number of hydrogen-bond donors (Lipinski definition) is 1. The predicted octanol–water partition coefficient (Wildman–Crippen LogP) is 2.26. The fraction of sp³-hybridized carbons (Fsp3) is 0.700. The third-order valence-corrected chi connectivity index (χ3v) is 1.51. The molecule has 0 aromatic heterocycles. The summed E-state index contributed by atoms with van der Waals surface area (Å²) in [5.74, 6) is 0.161. The minimum absolute atomic E-state index is 0.161. The fourth-order valence-corrected chi connectivity index (χ4v) is 0.968. The second kappa shape index (κ2) is 6.89. The molecule has 0 saturated carbocycles. The summed E-state index contributed by atoms with van der Waals surface area (Å²) in [7, 11) is 0. The van der Waals surface area contributed by atoms with Gasteiger partial charge in [-0.15, -0.1) is 6.58 Å². The molecule has 0 fully saturated rings. The molecular weight excluding hydrogens is 150 g/mol. The van der Waals surface area contributed by atoms with Gasteiger partial charge in [-0.25, -0.2) is 0 Å². The molecule has 0 bridgehead atoms. The van der Waals surface area contributed by atoms with E-state index < -0.39 is 0 Å². The largest absolute Gasteiger partial charge is 0.354 e. The third kappa shape index (κ3) is 7.32. The van der Waals surface area contributed by atoms with Crippen LogP contribution in [-0.4, -0.2) is 11.9 Å². The Bertz CT molecular complexity index is 141. The topological polar surface area (TPSA) is 29.1 Å². The zero-order chi connectivity index (χ0) is 9.40. The van der Waals surface area contributed by atoms with Gasteiger partial charge in [0.1, 0.15) is 0 Å². The van der Waals surface area contributed by atoms with Crippen molar-refractivity contribution in [3.63, 3.8) is 0 Å². The Morgan fingerprint density at radius 3 is 2.67 bits per heavy atom. The SMILES string of the molecule is C=CCCCCC(=O)NC(C)C. The molecule has 1 amide bonds. The summed E-state index contributed by atoms with van der Waals surface area (Å²) in [6.45, 7) is 7.57. The van der Waals surface area contributed by atoms with Crippen LogP contribution in [0.3, 0.4) is 0 Å². The van der Waals surface area contributed by atoms with E-state index in [1.807, 2.05) is 19.9 Å². The quantitative estimate of drug-likeness (QED) is 0.479. The molecule has 0 aliphatic carbocycles. The number of hydrogen-bond acceptors (Lipinski definition) is 1. The van der Waals surface area contributed by atoms with Crippen LogP contribution in [-0.2, 0) is 4.79 Å². The van der Waals surface area contributed by atoms with E-state index in [2.05, 4.69) is 11.9 Å². The van der Waals surface area contributed by atoms with Gasteiger partial charge in [-0.2, -0.15) is 0 Å². The molecule has 0 aromatic carbocycles. The molecule has 0 rings (SSSR count). The zero-order valence-corrected chi connectivity index (χ0v) is 8.10. The lowest BCUT2D eigenvalue weighted by molar-refractivity contribution is -0.121. The molecule has 0 aliphatic rings. The van der Waals surface area contributed by atoms with Crippen LogP contribution in [0, 0.1) is 0 Å². The molecule has 0 heterocycles. The van der Waals surface area contributed by atoms with E-state index >= 15 is 0 Å². The van der Waals surface area contributed by atoms with Crippen molar-refractivity contribution in [1.29, 1.82) is 0 Å². The van der Waals surface area contributed by atoms with Gasteiger partial charge in [-0.1, -0.05) is 6.08 Å². The minimum Gasteiger partial charge on any atom is -0.354 e. The van der Waals surface area contributed by atoms with Crippen LogP contribution in [0.2, 0.25) is 0 Å². The first-order valence-electron chi connectivity index (χ1n) is 4.57. The zero-order valence-electron chi connectivity index (χ0n) is 8.10. The van der Waals surface area contributed by atoms with Gasteiger partial charge in [-0.3, -0.25) is 4.79 Å². The van der Waals surface area contributed by atoms with E-state index in [1.54, 1.807) is 0 Å². The van der Waals surface area contributed by atoms with Crippen LogP contribution in [0.4, 0.5) is 0 Å². The molecule has 0 aliphatic heterocycles. The van der Waals surface area contributed by atoms with Gasteiger partial charge in [0.05, 0.1) is 0 Å². The summed E-state index contributed by atoms with van der Waals surface area (Å²) >= 11 is 0. The van der Waals surface area contributed by atoms with E-state index in [-0.39, 0.29) is 11.9 Å². The maximum absolute atomic E-state index is 11.1. The van der Waals surface area contributed by atoms with Crippen molar-refractivity contribution in [2.75, 3.05) is 0 Å². The highest BCUT2D eigenvalue weighted by atomic mass is 16.1. The first-order valence-corrected chi connectivity index (χ1v) is 4.57. The Morgan fingerprint density at radius 2 is 2.17 bits per heavy atom. The summed E-state index contributed by atoms with van der Waals surface area (Å²) < 4.78 is 0. The van der Waals surface area contributed by atoms with Crippen LogP contribution in [0.1, 0.15) is 39.5 Å². The Morgan fingerprint density at radius 1 is 1.50 bits per heavy atom. The van der Waals surface area contributed by atoms with Crippen LogP contribution in [0.25, 0.3) is 0 Å². The molecule has 0 aromatic rings. The molecule has 2 nitrogen and oxygen atoms in total. The molecule has 0 unspecified atom stereocenters. The first-order chi connectivity index (χ1) is 5.66. The van der Waals surface area contributed by atoms with Crippen LogP contribution >= 0.6 is 0 Å². The van der Waals surface area contributed by atoms with Crippen LogP contribution in [0.15, 0.2) is 12.7 Å². The van der Waals surface area contributed by atoms with E-state index in [1.165, 1.54) is 0 Å². The van der Waals surface area contributed by atoms with Crippen molar-refractivity contribution in [1.82, 2.24) is 5.32 Å². The number of rotatable bonds is 6. The van der Waals surface area contributed by atoms with Crippen molar-refractivity contribution < 1.29 is 4.79 Å². The third-order valence-electron chi connectivity index (χ3n) is 1.51. The number of allylic oxidation sites excluding steroid dienone is 1. The molecule has 2 heteroatoms. The van der Waals surface area contributed by atoms with Gasteiger partial charge in [0.25, 0.3) is 0 Å². The summed E-state index contributed by atoms with van der Waals surface area (Å²) in [6, 6.07) is 0.261. The summed E-state index contributed by atoms with van der Waals surface area (Å²) in [5.41, 5.74) is 0. The lowest BCUT2D eigenvalue weighted by Gasteiger charge is -2.07. The normalized spacial score (nSPS) is 9.92. The number of carbonyl (C=O) groups is 1. The average Bonchev–Trinajstić information content (AvgIpc) is 1.97. The lowest BCUT2D eigenvalue weighted by Crippen LogP contribution is -2.29. The van der Waals surface area contributed by atoms with Gasteiger partial charge in [0.15, 0.2) is 0 Å². The molecule has 0 spiro atoms. The second-order valence-corrected chi connectivity index (χ2v) is 3.26. The molecule has 1 N–H and O–H groups in total. The Kier molecular flexibility index (Phi) is 6.44. The summed E-state index contributed by atoms with van der Waals surface area (Å²) in [6.07, 6.45) is 5.57. The van der Waals surface area contributed by atoms with Crippen LogP contribution in [0.5, 0.6) is 0 Å². The number of amides is 1. The Labute approximate surface area is 75.0 Å². The average molecular weight is 169 g/mol. The lowest BCUT2D eigenvalue weighted by atomic mass is 10.2. The first kappa shape index (κ1) is 11.2. The van der Waals surface area contributed by atoms with E-state index in [4.69, 9.17) is 0 Å². The smallest absolute Gasteiger partial charge is 0.220 e. The summed E-state index contributed by atoms with van der Waals surface area (Å²) in [5, 5.41) is 2.85. The van der Waals surface area contributed by atoms with Crippen LogP contribution < -0.4 is 5.32 Å². The summed E-state index contributed by atoms with van der Waals surface area (Å²) in [4.78, 5) is 11.1. The van der Waals surface area contributed by atoms with Gasteiger partial charge in [-0.05, 0) is 33.1 Å². The van der Waals surface area contributed by atoms with Gasteiger partial charge >= 0.3 is 0 Å². The molecule has 0 radical (unpaired) electrons. The highest BCUT2D eigenvalue weighted by molar-refractivity contribution is 5.76. The standard InChI is InChI=1S/C10H19NO/c1-4-5-6-7-8-10(12)11-9(2)3/h4,9H,1,5-8H2,2-3H3,(H,11,12).